The Morgan fingerprint density at radius 1 is 0.829 bits per heavy atom. The van der Waals surface area contributed by atoms with Crippen LogP contribution >= 0.6 is 0 Å². The zero-order valence-electron chi connectivity index (χ0n) is 23.7. The fourth-order valence-electron chi connectivity index (χ4n) is 4.00. The third-order valence-electron chi connectivity index (χ3n) is 6.25. The Morgan fingerprint density at radius 2 is 1.56 bits per heavy atom. The normalized spacial score (nSPS) is 11.0. The fraction of sp³-hybridized carbons (Fsp3) is 0.267. The average Bonchev–Trinajstić information content (AvgIpc) is 2.95. The third-order valence-corrected chi connectivity index (χ3v) is 6.25. The Morgan fingerprint density at radius 3 is 2.24 bits per heavy atom. The molecule has 3 aromatic carbocycles. The van der Waals surface area contributed by atoms with Crippen LogP contribution in [0.15, 0.2) is 60.7 Å². The van der Waals surface area contributed by atoms with Crippen molar-refractivity contribution >= 4 is 46.6 Å². The molecule has 0 aromatic heterocycles. The number of urea groups is 1. The molecule has 4 amide bonds. The Kier molecular flexibility index (Phi) is 10.7. The standard InChI is InChI=1S/C30H35N5O6/c1-18-8-6-7-9-24(18)34-30(39)35-25-13-10-21(16-27(25)40-4)19(2)28(37)32-15-14-31-22-11-12-23(29(38)41-5)26(17-22)33-20(3)36/h6-13,16-17,19,31H,14-15H2,1-5H3,(H,32,37)(H,33,36)(H2,34,35,39). The van der Waals surface area contributed by atoms with Crippen molar-refractivity contribution < 1.29 is 28.7 Å². The van der Waals surface area contributed by atoms with Crippen LogP contribution in [0.25, 0.3) is 0 Å². The van der Waals surface area contributed by atoms with Crippen molar-refractivity contribution in [1.29, 1.82) is 0 Å². The molecular weight excluding hydrogens is 526 g/mol. The first kappa shape index (κ1) is 30.5. The highest BCUT2D eigenvalue weighted by atomic mass is 16.5. The van der Waals surface area contributed by atoms with E-state index in [0.717, 1.165) is 11.1 Å². The second kappa shape index (κ2) is 14.4. The van der Waals surface area contributed by atoms with E-state index in [1.807, 2.05) is 31.2 Å². The summed E-state index contributed by atoms with van der Waals surface area (Å²) in [6, 6.07) is 17.1. The molecule has 41 heavy (non-hydrogen) atoms. The van der Waals surface area contributed by atoms with Crippen molar-refractivity contribution in [1.82, 2.24) is 5.32 Å². The van der Waals surface area contributed by atoms with Crippen molar-refractivity contribution in [2.75, 3.05) is 48.6 Å². The van der Waals surface area contributed by atoms with Gasteiger partial charge in [-0.1, -0.05) is 24.3 Å². The zero-order chi connectivity index (χ0) is 29.9. The molecule has 1 unspecified atom stereocenters. The molecule has 0 saturated carbocycles. The molecule has 0 aliphatic carbocycles. The van der Waals surface area contributed by atoms with Crippen molar-refractivity contribution in [3.8, 4) is 5.75 Å². The summed E-state index contributed by atoms with van der Waals surface area (Å²) in [6.07, 6.45) is 0. The quantitative estimate of drug-likeness (QED) is 0.168. The maximum atomic E-state index is 12.8. The number of carbonyl (C=O) groups excluding carboxylic acids is 4. The Bertz CT molecular complexity index is 1420. The van der Waals surface area contributed by atoms with E-state index in [1.54, 1.807) is 43.3 Å². The molecular formula is C30H35N5O6. The van der Waals surface area contributed by atoms with Crippen LogP contribution in [0.1, 0.15) is 41.3 Å². The van der Waals surface area contributed by atoms with Crippen LogP contribution in [0, 0.1) is 6.92 Å². The number of methoxy groups -OCH3 is 2. The van der Waals surface area contributed by atoms with Crippen LogP contribution in [-0.4, -0.2) is 51.1 Å². The number of para-hydroxylation sites is 1. The number of aryl methyl sites for hydroxylation is 1. The number of benzene rings is 3. The number of hydrogen-bond acceptors (Lipinski definition) is 7. The lowest BCUT2D eigenvalue weighted by molar-refractivity contribution is -0.122. The third kappa shape index (κ3) is 8.46. The molecule has 0 saturated heterocycles. The summed E-state index contributed by atoms with van der Waals surface area (Å²) in [5, 5.41) is 14.3. The van der Waals surface area contributed by atoms with Gasteiger partial charge in [-0.15, -0.1) is 0 Å². The summed E-state index contributed by atoms with van der Waals surface area (Å²) >= 11 is 0. The summed E-state index contributed by atoms with van der Waals surface area (Å²) in [5.74, 6) is -1.13. The number of nitrogens with one attached hydrogen (secondary N) is 5. The molecule has 0 fully saturated rings. The van der Waals surface area contributed by atoms with Gasteiger partial charge in [0.1, 0.15) is 5.75 Å². The number of amides is 4. The molecule has 216 valence electrons. The minimum absolute atomic E-state index is 0.188. The predicted molar refractivity (Wildman–Crippen MR) is 159 cm³/mol. The van der Waals surface area contributed by atoms with Gasteiger partial charge in [-0.3, -0.25) is 9.59 Å². The largest absolute Gasteiger partial charge is 0.495 e. The lowest BCUT2D eigenvalue weighted by Gasteiger charge is -2.17. The van der Waals surface area contributed by atoms with Crippen LogP contribution in [0.2, 0.25) is 0 Å². The highest BCUT2D eigenvalue weighted by Gasteiger charge is 2.18. The van der Waals surface area contributed by atoms with Crippen molar-refractivity contribution in [3.05, 3.63) is 77.4 Å². The lowest BCUT2D eigenvalue weighted by Crippen LogP contribution is -2.32. The zero-order valence-corrected chi connectivity index (χ0v) is 23.7. The van der Waals surface area contributed by atoms with Gasteiger partial charge in [0.05, 0.1) is 37.1 Å². The van der Waals surface area contributed by atoms with Gasteiger partial charge in [-0.25, -0.2) is 9.59 Å². The first-order chi connectivity index (χ1) is 19.6. The monoisotopic (exact) mass is 561 g/mol. The maximum Gasteiger partial charge on any atom is 0.339 e. The molecule has 11 nitrogen and oxygen atoms in total. The second-order valence-electron chi connectivity index (χ2n) is 9.23. The van der Waals surface area contributed by atoms with Gasteiger partial charge in [-0.05, 0) is 61.4 Å². The molecule has 0 spiro atoms. The minimum Gasteiger partial charge on any atom is -0.495 e. The summed E-state index contributed by atoms with van der Waals surface area (Å²) in [5.41, 5.74) is 4.04. The lowest BCUT2D eigenvalue weighted by atomic mass is 9.99. The minimum atomic E-state index is -0.562. The van der Waals surface area contributed by atoms with E-state index >= 15 is 0 Å². The van der Waals surface area contributed by atoms with Crippen LogP contribution in [0.5, 0.6) is 5.75 Å². The van der Waals surface area contributed by atoms with E-state index in [0.29, 0.717) is 41.6 Å². The molecule has 0 aliphatic heterocycles. The number of hydrogen-bond donors (Lipinski definition) is 5. The predicted octanol–water partition coefficient (Wildman–Crippen LogP) is 4.72. The number of ether oxygens (including phenoxy) is 2. The van der Waals surface area contributed by atoms with E-state index in [4.69, 9.17) is 9.47 Å². The Hall–Kier alpha value is -5.06. The summed E-state index contributed by atoms with van der Waals surface area (Å²) in [6.45, 7) is 5.76. The Labute approximate surface area is 239 Å². The van der Waals surface area contributed by atoms with E-state index in [1.165, 1.54) is 21.1 Å². The molecule has 0 radical (unpaired) electrons. The highest BCUT2D eigenvalue weighted by molar-refractivity contribution is 6.02. The van der Waals surface area contributed by atoms with E-state index < -0.39 is 17.9 Å². The number of carbonyl (C=O) groups is 4. The molecule has 0 aliphatic rings. The number of anilines is 4. The molecule has 1 atom stereocenters. The molecule has 11 heteroatoms. The SMILES string of the molecule is COC(=O)c1ccc(NCCNC(=O)C(C)c2ccc(NC(=O)Nc3ccccc3C)c(OC)c2)cc1NC(C)=O. The van der Waals surface area contributed by atoms with Gasteiger partial charge in [0.15, 0.2) is 0 Å². The van der Waals surface area contributed by atoms with Crippen molar-refractivity contribution in [3.63, 3.8) is 0 Å². The molecule has 3 aromatic rings. The van der Waals surface area contributed by atoms with Crippen LogP contribution < -0.4 is 31.3 Å². The van der Waals surface area contributed by atoms with E-state index in [-0.39, 0.29) is 17.4 Å². The van der Waals surface area contributed by atoms with Gasteiger partial charge in [-0.2, -0.15) is 0 Å². The highest BCUT2D eigenvalue weighted by Crippen LogP contribution is 2.29. The van der Waals surface area contributed by atoms with Crippen LogP contribution in [0.4, 0.5) is 27.5 Å². The van der Waals surface area contributed by atoms with Crippen molar-refractivity contribution in [2.45, 2.75) is 26.7 Å². The van der Waals surface area contributed by atoms with Gasteiger partial charge >= 0.3 is 12.0 Å². The van der Waals surface area contributed by atoms with Gasteiger partial charge in [0.25, 0.3) is 0 Å². The summed E-state index contributed by atoms with van der Waals surface area (Å²) < 4.78 is 10.2. The average molecular weight is 562 g/mol. The first-order valence-corrected chi connectivity index (χ1v) is 13.0. The number of rotatable bonds is 11. The maximum absolute atomic E-state index is 12.8. The fourth-order valence-corrected chi connectivity index (χ4v) is 4.00. The topological polar surface area (TPSA) is 147 Å². The molecule has 0 bridgehead atoms. The molecule has 3 rings (SSSR count). The summed E-state index contributed by atoms with van der Waals surface area (Å²) in [4.78, 5) is 48.8. The Balaban J connectivity index is 1.55. The van der Waals surface area contributed by atoms with Crippen molar-refractivity contribution in [2.24, 2.45) is 0 Å². The van der Waals surface area contributed by atoms with Crippen LogP contribution in [-0.2, 0) is 14.3 Å². The van der Waals surface area contributed by atoms with Gasteiger partial charge < -0.3 is 36.1 Å². The van der Waals surface area contributed by atoms with Gasteiger partial charge in [0, 0.05) is 31.4 Å². The second-order valence-corrected chi connectivity index (χ2v) is 9.23. The molecule has 0 heterocycles. The van der Waals surface area contributed by atoms with E-state index in [9.17, 15) is 19.2 Å². The van der Waals surface area contributed by atoms with Gasteiger partial charge in [0.2, 0.25) is 11.8 Å². The summed E-state index contributed by atoms with van der Waals surface area (Å²) in [7, 11) is 2.76. The molecule has 5 N–H and O–H groups in total. The first-order valence-electron chi connectivity index (χ1n) is 13.0. The van der Waals surface area contributed by atoms with Crippen LogP contribution in [0.3, 0.4) is 0 Å². The number of esters is 1. The smallest absolute Gasteiger partial charge is 0.339 e. The van der Waals surface area contributed by atoms with E-state index in [2.05, 4.69) is 26.6 Å².